The predicted octanol–water partition coefficient (Wildman–Crippen LogP) is 2.28. The fraction of sp³-hybridized carbons (Fsp3) is 0.273. The van der Waals surface area contributed by atoms with Gasteiger partial charge in [-0.3, -0.25) is 0 Å². The highest BCUT2D eigenvalue weighted by atomic mass is 16.5. The highest BCUT2D eigenvalue weighted by Gasteiger charge is 2.14. The molecular formula is C11H14O3. The summed E-state index contributed by atoms with van der Waals surface area (Å²) in [5, 5.41) is 19.1. The van der Waals surface area contributed by atoms with E-state index < -0.39 is 6.10 Å². The molecule has 76 valence electrons. The molecule has 3 nitrogen and oxygen atoms in total. The fourth-order valence-corrected chi connectivity index (χ4v) is 1.26. The first-order valence-electron chi connectivity index (χ1n) is 4.36. The van der Waals surface area contributed by atoms with E-state index in [1.807, 2.05) is 6.92 Å². The molecule has 0 fully saturated rings. The maximum Gasteiger partial charge on any atom is 0.171 e. The van der Waals surface area contributed by atoms with Gasteiger partial charge in [-0.15, -0.1) is 0 Å². The molecule has 1 aromatic rings. The van der Waals surface area contributed by atoms with Crippen molar-refractivity contribution < 1.29 is 14.9 Å². The first-order chi connectivity index (χ1) is 6.57. The standard InChI is InChI=1S/C11H14O3/c1-4-14-11-7(2)5-6-9(8(3)12)10(11)13/h4-6,8,12-13H,1H2,2-3H3. The van der Waals surface area contributed by atoms with Crippen LogP contribution in [-0.4, -0.2) is 10.2 Å². The maximum absolute atomic E-state index is 9.74. The predicted molar refractivity (Wildman–Crippen MR) is 54.3 cm³/mol. The smallest absolute Gasteiger partial charge is 0.171 e. The lowest BCUT2D eigenvalue weighted by Gasteiger charge is -2.12. The van der Waals surface area contributed by atoms with E-state index in [0.29, 0.717) is 11.3 Å². The van der Waals surface area contributed by atoms with E-state index in [2.05, 4.69) is 6.58 Å². The van der Waals surface area contributed by atoms with Crippen LogP contribution in [0.1, 0.15) is 24.2 Å². The highest BCUT2D eigenvalue weighted by molar-refractivity contribution is 5.51. The Kier molecular flexibility index (Phi) is 3.14. The lowest BCUT2D eigenvalue weighted by molar-refractivity contribution is 0.194. The maximum atomic E-state index is 9.74. The van der Waals surface area contributed by atoms with Gasteiger partial charge in [0, 0.05) is 5.56 Å². The van der Waals surface area contributed by atoms with Gasteiger partial charge in [0.2, 0.25) is 0 Å². The summed E-state index contributed by atoms with van der Waals surface area (Å²) in [5.74, 6) is 0.318. The summed E-state index contributed by atoms with van der Waals surface area (Å²) in [6.07, 6.45) is 0.524. The summed E-state index contributed by atoms with van der Waals surface area (Å²) in [6.45, 7) is 6.81. The molecule has 0 saturated carbocycles. The van der Waals surface area contributed by atoms with E-state index in [-0.39, 0.29) is 5.75 Å². The molecule has 3 heteroatoms. The molecule has 1 aromatic carbocycles. The van der Waals surface area contributed by atoms with Crippen LogP contribution >= 0.6 is 0 Å². The average Bonchev–Trinajstić information content (AvgIpc) is 2.11. The molecule has 1 unspecified atom stereocenters. The molecule has 14 heavy (non-hydrogen) atoms. The molecule has 1 atom stereocenters. The van der Waals surface area contributed by atoms with Crippen LogP contribution in [0.5, 0.6) is 11.5 Å². The summed E-state index contributed by atoms with van der Waals surface area (Å²) < 4.78 is 5.06. The third-order valence-electron chi connectivity index (χ3n) is 2.01. The number of aliphatic hydroxyl groups is 1. The van der Waals surface area contributed by atoms with E-state index in [9.17, 15) is 10.2 Å². The van der Waals surface area contributed by atoms with Gasteiger partial charge < -0.3 is 14.9 Å². The summed E-state index contributed by atoms with van der Waals surface area (Å²) in [7, 11) is 0. The number of hydrogen-bond acceptors (Lipinski definition) is 3. The molecule has 0 spiro atoms. The molecule has 0 aliphatic carbocycles. The van der Waals surface area contributed by atoms with Crippen molar-refractivity contribution in [3.05, 3.63) is 36.1 Å². The van der Waals surface area contributed by atoms with Gasteiger partial charge in [0.25, 0.3) is 0 Å². The third kappa shape index (κ3) is 1.88. The van der Waals surface area contributed by atoms with E-state index >= 15 is 0 Å². The van der Waals surface area contributed by atoms with Crippen LogP contribution in [0.25, 0.3) is 0 Å². The number of aryl methyl sites for hydroxylation is 1. The Morgan fingerprint density at radius 1 is 1.50 bits per heavy atom. The van der Waals surface area contributed by atoms with Crippen LogP contribution in [0.15, 0.2) is 25.0 Å². The van der Waals surface area contributed by atoms with Gasteiger partial charge in [-0.2, -0.15) is 0 Å². The van der Waals surface area contributed by atoms with Gasteiger partial charge in [-0.1, -0.05) is 18.7 Å². The second-order valence-electron chi connectivity index (χ2n) is 3.11. The number of benzene rings is 1. The Balaban J connectivity index is 3.25. The normalized spacial score (nSPS) is 12.2. The number of phenolic OH excluding ortho intramolecular Hbond substituents is 1. The van der Waals surface area contributed by atoms with Crippen LogP contribution in [0, 0.1) is 6.92 Å². The summed E-state index contributed by atoms with van der Waals surface area (Å²) in [5.41, 5.74) is 1.25. The lowest BCUT2D eigenvalue weighted by atomic mass is 10.1. The zero-order valence-corrected chi connectivity index (χ0v) is 8.32. The molecule has 2 N–H and O–H groups in total. The molecule has 0 aliphatic heterocycles. The van der Waals surface area contributed by atoms with Crippen LogP contribution in [0.2, 0.25) is 0 Å². The monoisotopic (exact) mass is 194 g/mol. The molecule has 0 heterocycles. The van der Waals surface area contributed by atoms with Gasteiger partial charge in [0.1, 0.15) is 0 Å². The largest absolute Gasteiger partial charge is 0.504 e. The molecule has 1 rings (SSSR count). The Morgan fingerprint density at radius 2 is 2.14 bits per heavy atom. The van der Waals surface area contributed by atoms with Crippen LogP contribution < -0.4 is 4.74 Å². The number of ether oxygens (including phenoxy) is 1. The second kappa shape index (κ2) is 4.15. The zero-order chi connectivity index (χ0) is 10.7. The van der Waals surface area contributed by atoms with Crippen molar-refractivity contribution in [3.63, 3.8) is 0 Å². The minimum Gasteiger partial charge on any atom is -0.504 e. The van der Waals surface area contributed by atoms with Crippen molar-refractivity contribution in [2.75, 3.05) is 0 Å². The molecule has 0 saturated heterocycles. The van der Waals surface area contributed by atoms with Gasteiger partial charge in [0.15, 0.2) is 11.5 Å². The lowest BCUT2D eigenvalue weighted by Crippen LogP contribution is -1.95. The van der Waals surface area contributed by atoms with Crippen LogP contribution in [-0.2, 0) is 0 Å². The minimum absolute atomic E-state index is 0.0279. The fourth-order valence-electron chi connectivity index (χ4n) is 1.26. The van der Waals surface area contributed by atoms with Gasteiger partial charge in [-0.25, -0.2) is 0 Å². The van der Waals surface area contributed by atoms with Crippen molar-refractivity contribution >= 4 is 0 Å². The number of hydrogen-bond donors (Lipinski definition) is 2. The SMILES string of the molecule is C=COc1c(C)ccc(C(C)O)c1O. The van der Waals surface area contributed by atoms with E-state index in [1.54, 1.807) is 19.1 Å². The van der Waals surface area contributed by atoms with E-state index in [0.717, 1.165) is 5.56 Å². The first-order valence-corrected chi connectivity index (χ1v) is 4.36. The molecular weight excluding hydrogens is 180 g/mol. The summed E-state index contributed by atoms with van der Waals surface area (Å²) in [6, 6.07) is 3.45. The van der Waals surface area contributed by atoms with Crippen molar-refractivity contribution in [1.29, 1.82) is 0 Å². The zero-order valence-electron chi connectivity index (χ0n) is 8.32. The van der Waals surface area contributed by atoms with Crippen LogP contribution in [0.3, 0.4) is 0 Å². The Morgan fingerprint density at radius 3 is 2.64 bits per heavy atom. The Hall–Kier alpha value is -1.48. The van der Waals surface area contributed by atoms with Gasteiger partial charge in [-0.05, 0) is 19.4 Å². The Bertz CT molecular complexity index is 343. The molecule has 0 amide bonds. The van der Waals surface area contributed by atoms with Crippen LogP contribution in [0.4, 0.5) is 0 Å². The highest BCUT2D eigenvalue weighted by Crippen LogP contribution is 2.36. The van der Waals surface area contributed by atoms with Crippen molar-refractivity contribution in [1.82, 2.24) is 0 Å². The number of aromatic hydroxyl groups is 1. The van der Waals surface area contributed by atoms with Crippen molar-refractivity contribution in [3.8, 4) is 11.5 Å². The van der Waals surface area contributed by atoms with Gasteiger partial charge >= 0.3 is 0 Å². The van der Waals surface area contributed by atoms with Crippen molar-refractivity contribution in [2.24, 2.45) is 0 Å². The summed E-state index contributed by atoms with van der Waals surface area (Å²) in [4.78, 5) is 0. The molecule has 0 aromatic heterocycles. The number of rotatable bonds is 3. The number of phenols is 1. The van der Waals surface area contributed by atoms with Gasteiger partial charge in [0.05, 0.1) is 12.4 Å². The van der Waals surface area contributed by atoms with Crippen molar-refractivity contribution in [2.45, 2.75) is 20.0 Å². The molecule has 0 radical (unpaired) electrons. The molecule has 0 bridgehead atoms. The average molecular weight is 194 g/mol. The second-order valence-corrected chi connectivity index (χ2v) is 3.11. The van der Waals surface area contributed by atoms with E-state index in [4.69, 9.17) is 4.74 Å². The first kappa shape index (κ1) is 10.6. The number of aliphatic hydroxyl groups excluding tert-OH is 1. The minimum atomic E-state index is -0.720. The Labute approximate surface area is 83.3 Å². The quantitative estimate of drug-likeness (QED) is 0.726. The molecule has 0 aliphatic rings. The third-order valence-corrected chi connectivity index (χ3v) is 2.01. The summed E-state index contributed by atoms with van der Waals surface area (Å²) >= 11 is 0. The van der Waals surface area contributed by atoms with E-state index in [1.165, 1.54) is 6.26 Å². The topological polar surface area (TPSA) is 49.7 Å².